The van der Waals surface area contributed by atoms with Crippen LogP contribution in [0, 0.1) is 0 Å². The van der Waals surface area contributed by atoms with Crippen molar-refractivity contribution in [2.24, 2.45) is 0 Å². The van der Waals surface area contributed by atoms with E-state index < -0.39 is 12.1 Å². The molecule has 1 saturated heterocycles. The number of amides is 1. The van der Waals surface area contributed by atoms with Crippen LogP contribution in [0.1, 0.15) is 15.9 Å². The molecule has 0 spiro atoms. The molecule has 9 nitrogen and oxygen atoms in total. The summed E-state index contributed by atoms with van der Waals surface area (Å²) in [6.45, 7) is 0.208. The number of hydrogen-bond donors (Lipinski definition) is 0. The summed E-state index contributed by atoms with van der Waals surface area (Å²) >= 11 is 0. The van der Waals surface area contributed by atoms with Crippen LogP contribution < -0.4 is 23.7 Å². The largest absolute Gasteiger partial charge is 0.493 e. The number of carbonyl (C=O) groups excluding carboxylic acids is 2. The van der Waals surface area contributed by atoms with Gasteiger partial charge in [-0.1, -0.05) is 0 Å². The Morgan fingerprint density at radius 1 is 0.900 bits per heavy atom. The predicted octanol–water partition coefficient (Wildman–Crippen LogP) is 2.63. The van der Waals surface area contributed by atoms with E-state index in [1.54, 1.807) is 18.2 Å². The van der Waals surface area contributed by atoms with E-state index in [1.807, 2.05) is 0 Å². The van der Waals surface area contributed by atoms with Gasteiger partial charge in [0.25, 0.3) is 0 Å². The monoisotopic (exact) mass is 413 g/mol. The van der Waals surface area contributed by atoms with E-state index in [0.29, 0.717) is 45.4 Å². The summed E-state index contributed by atoms with van der Waals surface area (Å²) in [5, 5.41) is 0. The molecule has 0 unspecified atom stereocenters. The number of cyclic esters (lactones) is 1. The van der Waals surface area contributed by atoms with Gasteiger partial charge in [0.05, 0.1) is 27.9 Å². The normalized spacial score (nSPS) is 18.6. The fourth-order valence-corrected chi connectivity index (χ4v) is 4.18. The summed E-state index contributed by atoms with van der Waals surface area (Å²) in [5.41, 5.74) is 2.34. The van der Waals surface area contributed by atoms with Crippen LogP contribution in [0.5, 0.6) is 28.7 Å². The number of methoxy groups -OCH3 is 3. The molecule has 156 valence electrons. The molecule has 1 fully saturated rings. The average molecular weight is 413 g/mol. The lowest BCUT2D eigenvalue weighted by molar-refractivity contribution is 0.0884. The number of fused-ring (bicyclic) bond motifs is 5. The van der Waals surface area contributed by atoms with E-state index in [9.17, 15) is 9.59 Å². The van der Waals surface area contributed by atoms with Crippen molar-refractivity contribution in [3.63, 3.8) is 0 Å². The zero-order chi connectivity index (χ0) is 21.0. The summed E-state index contributed by atoms with van der Waals surface area (Å²) in [6.07, 6.45) is -0.544. The van der Waals surface area contributed by atoms with Crippen molar-refractivity contribution < 1.29 is 38.0 Å². The van der Waals surface area contributed by atoms with Crippen LogP contribution >= 0.6 is 0 Å². The van der Waals surface area contributed by atoms with Crippen LogP contribution in [-0.2, 0) is 11.3 Å². The van der Waals surface area contributed by atoms with Gasteiger partial charge < -0.3 is 28.4 Å². The first-order chi connectivity index (χ1) is 14.6. The Balaban J connectivity index is 1.86. The molecule has 3 aliphatic rings. The van der Waals surface area contributed by atoms with E-state index in [4.69, 9.17) is 28.4 Å². The molecule has 2 aromatic rings. The topological polar surface area (TPSA) is 92.8 Å². The number of ether oxygens (including phenoxy) is 6. The molecule has 0 radical (unpaired) electrons. The average Bonchev–Trinajstić information content (AvgIpc) is 3.36. The smallest absolute Gasteiger partial charge is 0.410 e. The van der Waals surface area contributed by atoms with Gasteiger partial charge in [0.15, 0.2) is 28.8 Å². The number of Topliss-reactive ketones (excluding diaryl/α,β-unsaturated/α-hetero) is 1. The van der Waals surface area contributed by atoms with Crippen molar-refractivity contribution >= 4 is 11.9 Å². The molecular formula is C21H19NO8. The third kappa shape index (κ3) is 2.47. The van der Waals surface area contributed by atoms with Crippen molar-refractivity contribution in [3.05, 3.63) is 29.3 Å². The Hall–Kier alpha value is -3.62. The fourth-order valence-electron chi connectivity index (χ4n) is 4.18. The van der Waals surface area contributed by atoms with Crippen LogP contribution in [0.25, 0.3) is 11.1 Å². The second-order valence-corrected chi connectivity index (χ2v) is 7.02. The van der Waals surface area contributed by atoms with Gasteiger partial charge in [0.1, 0.15) is 12.6 Å². The highest BCUT2D eigenvalue weighted by atomic mass is 16.7. The minimum atomic E-state index is -0.733. The van der Waals surface area contributed by atoms with Crippen LogP contribution in [0.2, 0.25) is 0 Å². The standard InChI is InChI=1S/C21H19NO8/c1-25-16-4-10-7-22-13(8-28-21(22)24)18(23)12-6-15-14(29-9-30-15)5-11(12)17(10)20(27-3)19(16)26-2/h4-6,13H,7-9H2,1-3H3/t13-/m1/s1. The fraction of sp³-hybridized carbons (Fsp3) is 0.333. The maximum absolute atomic E-state index is 13.4. The summed E-state index contributed by atoms with van der Waals surface area (Å²) in [6, 6.07) is 4.45. The number of rotatable bonds is 3. The molecule has 2 aromatic carbocycles. The summed E-state index contributed by atoms with van der Waals surface area (Å²) in [7, 11) is 4.54. The quantitative estimate of drug-likeness (QED) is 0.758. The highest BCUT2D eigenvalue weighted by Crippen LogP contribution is 2.51. The lowest BCUT2D eigenvalue weighted by Gasteiger charge is -2.28. The predicted molar refractivity (Wildman–Crippen MR) is 103 cm³/mol. The Kier molecular flexibility index (Phi) is 4.12. The maximum Gasteiger partial charge on any atom is 0.410 e. The minimum absolute atomic E-state index is 0.00862. The summed E-state index contributed by atoms with van der Waals surface area (Å²) < 4.78 is 32.9. The number of nitrogens with zero attached hydrogens (tertiary/aromatic N) is 1. The highest BCUT2D eigenvalue weighted by Gasteiger charge is 2.43. The third-order valence-corrected chi connectivity index (χ3v) is 5.58. The van der Waals surface area contributed by atoms with E-state index in [2.05, 4.69) is 0 Å². The van der Waals surface area contributed by atoms with Gasteiger partial charge in [-0.25, -0.2) is 4.79 Å². The molecule has 0 aliphatic carbocycles. The molecule has 9 heteroatoms. The second kappa shape index (κ2) is 6.72. The number of benzene rings is 2. The first-order valence-electron chi connectivity index (χ1n) is 9.30. The van der Waals surface area contributed by atoms with E-state index in [1.165, 1.54) is 26.2 Å². The zero-order valence-electron chi connectivity index (χ0n) is 16.6. The van der Waals surface area contributed by atoms with Crippen LogP contribution in [0.15, 0.2) is 18.2 Å². The SMILES string of the molecule is COc1cc2c(c(OC)c1OC)-c1cc3c(cc1C(=O)[C@H]1COC(=O)N1C2)OCO3. The Bertz CT molecular complexity index is 1080. The van der Waals surface area contributed by atoms with Crippen molar-refractivity contribution in [1.82, 2.24) is 4.90 Å². The van der Waals surface area contributed by atoms with E-state index >= 15 is 0 Å². The van der Waals surface area contributed by atoms with Crippen LogP contribution in [-0.4, -0.2) is 57.5 Å². The lowest BCUT2D eigenvalue weighted by Crippen LogP contribution is -2.40. The van der Waals surface area contributed by atoms with Gasteiger partial charge in [-0.3, -0.25) is 9.69 Å². The highest BCUT2D eigenvalue weighted by molar-refractivity contribution is 6.09. The van der Waals surface area contributed by atoms with Crippen molar-refractivity contribution in [2.45, 2.75) is 12.6 Å². The number of hydrogen-bond acceptors (Lipinski definition) is 8. The van der Waals surface area contributed by atoms with Gasteiger partial charge in [-0.15, -0.1) is 0 Å². The molecule has 1 amide bonds. The van der Waals surface area contributed by atoms with E-state index in [-0.39, 0.29) is 25.7 Å². The van der Waals surface area contributed by atoms with Crippen LogP contribution in [0.4, 0.5) is 4.79 Å². The molecule has 0 bridgehead atoms. The Labute approximate surface area is 172 Å². The second-order valence-electron chi connectivity index (χ2n) is 7.02. The van der Waals surface area contributed by atoms with Gasteiger partial charge in [0.2, 0.25) is 12.5 Å². The molecule has 1 atom stereocenters. The van der Waals surface area contributed by atoms with Crippen molar-refractivity contribution in [3.8, 4) is 39.9 Å². The zero-order valence-corrected chi connectivity index (χ0v) is 16.6. The Morgan fingerprint density at radius 2 is 1.60 bits per heavy atom. The molecule has 30 heavy (non-hydrogen) atoms. The van der Waals surface area contributed by atoms with Crippen molar-refractivity contribution in [2.75, 3.05) is 34.7 Å². The van der Waals surface area contributed by atoms with E-state index in [0.717, 1.165) is 5.56 Å². The summed E-state index contributed by atoms with van der Waals surface area (Å²) in [5.74, 6) is 1.99. The number of ketones is 1. The van der Waals surface area contributed by atoms with Gasteiger partial charge in [-0.05, 0) is 23.8 Å². The molecule has 0 saturated carbocycles. The maximum atomic E-state index is 13.4. The molecular weight excluding hydrogens is 394 g/mol. The van der Waals surface area contributed by atoms with Gasteiger partial charge in [-0.2, -0.15) is 0 Å². The minimum Gasteiger partial charge on any atom is -0.493 e. The number of carbonyl (C=O) groups is 2. The van der Waals surface area contributed by atoms with Crippen LogP contribution in [0.3, 0.4) is 0 Å². The van der Waals surface area contributed by atoms with Gasteiger partial charge >= 0.3 is 6.09 Å². The lowest BCUT2D eigenvalue weighted by atomic mass is 9.87. The Morgan fingerprint density at radius 3 is 2.27 bits per heavy atom. The van der Waals surface area contributed by atoms with Crippen molar-refractivity contribution in [1.29, 1.82) is 0 Å². The molecule has 3 aliphatic heterocycles. The first-order valence-corrected chi connectivity index (χ1v) is 9.30. The first kappa shape index (κ1) is 18.4. The van der Waals surface area contributed by atoms with Gasteiger partial charge in [0, 0.05) is 16.7 Å². The summed E-state index contributed by atoms with van der Waals surface area (Å²) in [4.78, 5) is 27.2. The molecule has 5 rings (SSSR count). The third-order valence-electron chi connectivity index (χ3n) is 5.58. The molecule has 3 heterocycles. The molecule has 0 N–H and O–H groups in total. The molecule has 0 aromatic heterocycles.